The second-order valence-corrected chi connectivity index (χ2v) is 16.4. The number of likely N-dealkylation sites (N-methyl/N-ethyl adjacent to an activating group) is 1. The molecule has 3 amide bonds. The molecule has 0 saturated carbocycles. The van der Waals surface area contributed by atoms with Crippen molar-refractivity contribution >= 4 is 40.1 Å². The van der Waals surface area contributed by atoms with Crippen LogP contribution >= 0.6 is 0 Å². The van der Waals surface area contributed by atoms with E-state index in [0.29, 0.717) is 35.7 Å². The fraction of sp³-hybridized carbons (Fsp3) is 0.488. The predicted octanol–water partition coefficient (Wildman–Crippen LogP) is 3.85. The largest absolute Gasteiger partial charge is 0.491 e. The van der Waals surface area contributed by atoms with Gasteiger partial charge in [0.2, 0.25) is 5.91 Å². The third kappa shape index (κ3) is 8.29. The summed E-state index contributed by atoms with van der Waals surface area (Å²) in [5.41, 5.74) is 4.84. The molecule has 6 heterocycles. The van der Waals surface area contributed by atoms with Gasteiger partial charge in [0.05, 0.1) is 28.4 Å². The van der Waals surface area contributed by atoms with Crippen LogP contribution in [0.4, 0.5) is 11.5 Å². The number of anilines is 2. The number of carbonyl (C=O) groups is 3. The van der Waals surface area contributed by atoms with Crippen LogP contribution in [0.25, 0.3) is 22.3 Å². The predicted molar refractivity (Wildman–Crippen MR) is 224 cm³/mol. The van der Waals surface area contributed by atoms with E-state index in [1.54, 1.807) is 12.4 Å². The van der Waals surface area contributed by atoms with Crippen LogP contribution in [0.5, 0.6) is 5.75 Å². The molecule has 0 radical (unpaired) electrons. The molecule has 15 nitrogen and oxygen atoms in total. The lowest BCUT2D eigenvalue weighted by Gasteiger charge is -2.41. The molecule has 306 valence electrons. The topological polar surface area (TPSA) is 146 Å². The highest BCUT2D eigenvalue weighted by Crippen LogP contribution is 2.33. The van der Waals surface area contributed by atoms with Gasteiger partial charge >= 0.3 is 0 Å². The van der Waals surface area contributed by atoms with Crippen molar-refractivity contribution in [2.24, 2.45) is 0 Å². The molecule has 15 heteroatoms. The fourth-order valence-corrected chi connectivity index (χ4v) is 8.66. The average Bonchev–Trinajstić information content (AvgIpc) is 3.74. The number of nitrogens with zero attached hydrogens (tertiary/aromatic N) is 9. The molecule has 0 aliphatic carbocycles. The number of allylic oxidation sites excluding steroid dienone is 1. The van der Waals surface area contributed by atoms with Crippen LogP contribution in [0.15, 0.2) is 61.1 Å². The van der Waals surface area contributed by atoms with Gasteiger partial charge in [-0.05, 0) is 96.6 Å². The molecule has 2 aromatic heterocycles. The third-order valence-corrected chi connectivity index (χ3v) is 11.9. The number of aromatic nitrogens is 4. The summed E-state index contributed by atoms with van der Waals surface area (Å²) < 4.78 is 5.93. The minimum absolute atomic E-state index is 0.0884. The van der Waals surface area contributed by atoms with E-state index in [9.17, 15) is 14.4 Å². The normalized spacial score (nSPS) is 20.8. The SMILES string of the molecule is C=C1CCC(N2C(=O)c3ccc(N4CCN(CCCN(C)CCN5CCN(c6cc(-c7n[nH]c8ccc(OC(C)C)cc78)ncn6)C[C@@H]5C)CC4)cc3C2=O)C(=O)N1. The maximum atomic E-state index is 13.4. The number of nitrogens with one attached hydrogen (secondary N) is 2. The molecule has 58 heavy (non-hydrogen) atoms. The summed E-state index contributed by atoms with van der Waals surface area (Å²) in [6.07, 6.45) is 3.77. The number of hydrogen-bond acceptors (Lipinski definition) is 12. The van der Waals surface area contributed by atoms with E-state index in [4.69, 9.17) is 4.74 Å². The second-order valence-electron chi connectivity index (χ2n) is 16.4. The summed E-state index contributed by atoms with van der Waals surface area (Å²) in [6.45, 7) is 20.6. The van der Waals surface area contributed by atoms with Gasteiger partial charge < -0.3 is 24.8 Å². The van der Waals surface area contributed by atoms with E-state index in [0.717, 1.165) is 123 Å². The number of aromatic amines is 1. The van der Waals surface area contributed by atoms with Crippen LogP contribution in [0.1, 0.15) is 60.7 Å². The number of ether oxygens (including phenoxy) is 1. The minimum atomic E-state index is -0.801. The molecule has 4 aromatic rings. The van der Waals surface area contributed by atoms with E-state index in [1.165, 1.54) is 0 Å². The van der Waals surface area contributed by atoms with Crippen molar-refractivity contribution in [1.29, 1.82) is 0 Å². The zero-order valence-corrected chi connectivity index (χ0v) is 34.1. The third-order valence-electron chi connectivity index (χ3n) is 11.9. The van der Waals surface area contributed by atoms with Gasteiger partial charge in [-0.15, -0.1) is 0 Å². The number of piperazine rings is 2. The van der Waals surface area contributed by atoms with Crippen molar-refractivity contribution in [3.63, 3.8) is 0 Å². The Bertz CT molecular complexity index is 2180. The molecule has 0 spiro atoms. The van der Waals surface area contributed by atoms with Crippen LogP contribution in [-0.2, 0) is 4.79 Å². The minimum Gasteiger partial charge on any atom is -0.491 e. The van der Waals surface area contributed by atoms with Crippen molar-refractivity contribution in [3.8, 4) is 17.1 Å². The maximum absolute atomic E-state index is 13.4. The average molecular weight is 790 g/mol. The summed E-state index contributed by atoms with van der Waals surface area (Å²) in [5, 5.41) is 11.4. The summed E-state index contributed by atoms with van der Waals surface area (Å²) >= 11 is 0. The van der Waals surface area contributed by atoms with E-state index < -0.39 is 17.9 Å². The first kappa shape index (κ1) is 39.4. The first-order valence-electron chi connectivity index (χ1n) is 20.6. The quantitative estimate of drug-likeness (QED) is 0.190. The van der Waals surface area contributed by atoms with Crippen LogP contribution in [0.2, 0.25) is 0 Å². The summed E-state index contributed by atoms with van der Waals surface area (Å²) in [7, 11) is 2.22. The number of H-pyrrole nitrogens is 1. The molecule has 4 aliphatic rings. The molecule has 3 fully saturated rings. The van der Waals surface area contributed by atoms with Crippen molar-refractivity contribution in [1.82, 2.24) is 45.1 Å². The smallest absolute Gasteiger partial charge is 0.262 e. The number of piperidine rings is 1. The Morgan fingerprint density at radius 3 is 2.48 bits per heavy atom. The van der Waals surface area contributed by atoms with Crippen LogP contribution in [-0.4, -0.2) is 155 Å². The van der Waals surface area contributed by atoms with Gasteiger partial charge in [0.1, 0.15) is 29.6 Å². The lowest BCUT2D eigenvalue weighted by molar-refractivity contribution is -0.125. The van der Waals surface area contributed by atoms with Gasteiger partial charge in [-0.25, -0.2) is 9.97 Å². The van der Waals surface area contributed by atoms with Crippen molar-refractivity contribution in [3.05, 3.63) is 72.2 Å². The number of benzene rings is 2. The van der Waals surface area contributed by atoms with Gasteiger partial charge in [-0.1, -0.05) is 6.58 Å². The Morgan fingerprint density at radius 1 is 0.914 bits per heavy atom. The van der Waals surface area contributed by atoms with Crippen LogP contribution < -0.4 is 19.9 Å². The first-order chi connectivity index (χ1) is 28.0. The first-order valence-corrected chi connectivity index (χ1v) is 20.6. The molecule has 1 unspecified atom stereocenters. The number of hydrogen-bond donors (Lipinski definition) is 2. The summed E-state index contributed by atoms with van der Waals surface area (Å²) in [5.74, 6) is 0.599. The molecule has 8 rings (SSSR count). The standard InChI is InChI=1S/C43H55N11O4/c1-28(2)58-32-9-11-36-35(24-32)40(48-47-36)37-25-39(45-27-44-37)53-22-21-51(30(4)26-53)18-15-49(5)13-6-14-50-16-19-52(20-17-50)31-8-10-33-34(23-31)43(57)54(42(33)56)38-12-7-29(3)46-41(38)55/h8-11,23-25,27-28,30,38H,3,6-7,12-22,26H2,1-2,4-5H3,(H,46,55)(H,47,48)/t30-,38?/m0/s1. The zero-order valence-electron chi connectivity index (χ0n) is 34.1. The second kappa shape index (κ2) is 16.8. The number of fused-ring (bicyclic) bond motifs is 2. The highest BCUT2D eigenvalue weighted by atomic mass is 16.5. The van der Waals surface area contributed by atoms with Gasteiger partial charge in [0.15, 0.2) is 0 Å². The van der Waals surface area contributed by atoms with E-state index >= 15 is 0 Å². The van der Waals surface area contributed by atoms with Gasteiger partial charge in [-0.3, -0.25) is 34.2 Å². The monoisotopic (exact) mass is 789 g/mol. The van der Waals surface area contributed by atoms with Gasteiger partial charge in [0, 0.05) is 87.8 Å². The Morgan fingerprint density at radius 2 is 1.71 bits per heavy atom. The molecule has 2 atom stereocenters. The summed E-state index contributed by atoms with van der Waals surface area (Å²) in [4.78, 5) is 61.7. The number of amides is 3. The molecule has 2 N–H and O–H groups in total. The lowest BCUT2D eigenvalue weighted by atomic mass is 10.0. The van der Waals surface area contributed by atoms with Crippen molar-refractivity contribution in [2.45, 2.75) is 58.2 Å². The lowest BCUT2D eigenvalue weighted by Crippen LogP contribution is -2.53. The van der Waals surface area contributed by atoms with Crippen molar-refractivity contribution in [2.75, 3.05) is 88.8 Å². The molecule has 2 aromatic carbocycles. The van der Waals surface area contributed by atoms with Crippen molar-refractivity contribution < 1.29 is 19.1 Å². The molecular formula is C43H55N11O4. The van der Waals surface area contributed by atoms with E-state index in [-0.39, 0.29) is 12.0 Å². The highest BCUT2D eigenvalue weighted by Gasteiger charge is 2.44. The maximum Gasteiger partial charge on any atom is 0.262 e. The summed E-state index contributed by atoms with van der Waals surface area (Å²) in [6, 6.07) is 13.1. The Labute approximate surface area is 340 Å². The molecule has 0 bridgehead atoms. The van der Waals surface area contributed by atoms with Gasteiger partial charge in [-0.2, -0.15) is 5.10 Å². The molecule has 3 saturated heterocycles. The molecular weight excluding hydrogens is 735 g/mol. The number of carbonyl (C=O) groups excluding carboxylic acids is 3. The van der Waals surface area contributed by atoms with Gasteiger partial charge in [0.25, 0.3) is 11.8 Å². The number of rotatable bonds is 13. The Kier molecular flexibility index (Phi) is 11.5. The van der Waals surface area contributed by atoms with Crippen LogP contribution in [0, 0.1) is 0 Å². The Balaban J connectivity index is 0.761. The highest BCUT2D eigenvalue weighted by molar-refractivity contribution is 6.23. The fourth-order valence-electron chi connectivity index (χ4n) is 8.66. The van der Waals surface area contributed by atoms with E-state index in [2.05, 4.69) is 70.5 Å². The number of imide groups is 1. The zero-order chi connectivity index (χ0) is 40.5. The van der Waals surface area contributed by atoms with Crippen LogP contribution in [0.3, 0.4) is 0 Å². The van der Waals surface area contributed by atoms with E-state index in [1.807, 2.05) is 50.2 Å². The Hall–Kier alpha value is -5.38. The molecule has 4 aliphatic heterocycles.